The normalized spacial score (nSPS) is 11.8. The number of nitrogens with one attached hydrogen (secondary N) is 2. The van der Waals surface area contributed by atoms with Gasteiger partial charge in [-0.1, -0.05) is 30.3 Å². The van der Waals surface area contributed by atoms with Crippen LogP contribution < -0.4 is 10.6 Å². The molecule has 0 bridgehead atoms. The maximum absolute atomic E-state index is 12.8. The fourth-order valence-corrected chi connectivity index (χ4v) is 1.39. The summed E-state index contributed by atoms with van der Waals surface area (Å²) < 4.78 is 38.4. The molecule has 0 atom stereocenters. The van der Waals surface area contributed by atoms with Gasteiger partial charge in [0, 0.05) is 26.7 Å². The van der Waals surface area contributed by atoms with Gasteiger partial charge in [-0.05, 0) is 5.56 Å². The summed E-state index contributed by atoms with van der Waals surface area (Å²) in [5.74, 6) is -0.879. The number of rotatable bonds is 4. The first-order valence-corrected chi connectivity index (χ1v) is 6.29. The average Bonchev–Trinajstić information content (AvgIpc) is 2.44. The first kappa shape index (κ1) is 17.5. The zero-order chi connectivity index (χ0) is 16.8. The highest BCUT2D eigenvalue weighted by Gasteiger charge is 2.35. The minimum Gasteiger partial charge on any atom is -0.345 e. The summed E-state index contributed by atoms with van der Waals surface area (Å²) in [6.45, 7) is 0.0689. The average molecular weight is 315 g/mol. The van der Waals surface area contributed by atoms with Crippen molar-refractivity contribution in [3.05, 3.63) is 47.7 Å². The number of amides is 3. The Morgan fingerprint density at radius 1 is 1.18 bits per heavy atom. The van der Waals surface area contributed by atoms with Gasteiger partial charge in [0.15, 0.2) is 0 Å². The Hall–Kier alpha value is -2.51. The SMILES string of the molecule is CN(C)C(=O)C=C(NC(=O)NCc1ccccc1)C(F)(F)F. The van der Waals surface area contributed by atoms with Crippen molar-refractivity contribution in [2.24, 2.45) is 0 Å². The quantitative estimate of drug-likeness (QED) is 0.835. The molecule has 5 nitrogen and oxygen atoms in total. The number of likely N-dealkylation sites (N-methyl/N-ethyl adjacent to an activating group) is 1. The van der Waals surface area contributed by atoms with Gasteiger partial charge in [-0.25, -0.2) is 4.79 Å². The molecule has 8 heteroatoms. The summed E-state index contributed by atoms with van der Waals surface area (Å²) in [6.07, 6.45) is -4.50. The third-order valence-corrected chi connectivity index (χ3v) is 2.56. The lowest BCUT2D eigenvalue weighted by molar-refractivity contribution is -0.125. The number of nitrogens with zero attached hydrogens (tertiary/aromatic N) is 1. The minimum atomic E-state index is -4.84. The van der Waals surface area contributed by atoms with Crippen molar-refractivity contribution in [3.8, 4) is 0 Å². The van der Waals surface area contributed by atoms with Crippen LogP contribution in [0, 0.1) is 0 Å². The van der Waals surface area contributed by atoms with Crippen LogP contribution in [-0.2, 0) is 11.3 Å². The molecule has 0 fully saturated rings. The molecular weight excluding hydrogens is 299 g/mol. The van der Waals surface area contributed by atoms with E-state index in [2.05, 4.69) is 5.32 Å². The second-order valence-electron chi connectivity index (χ2n) is 4.58. The van der Waals surface area contributed by atoms with Crippen molar-refractivity contribution in [3.63, 3.8) is 0 Å². The van der Waals surface area contributed by atoms with E-state index in [-0.39, 0.29) is 6.54 Å². The Kier molecular flexibility index (Phi) is 5.97. The van der Waals surface area contributed by atoms with E-state index in [9.17, 15) is 22.8 Å². The lowest BCUT2D eigenvalue weighted by atomic mass is 10.2. The fourth-order valence-electron chi connectivity index (χ4n) is 1.39. The van der Waals surface area contributed by atoms with Gasteiger partial charge in [0.1, 0.15) is 5.70 Å². The monoisotopic (exact) mass is 315 g/mol. The molecule has 1 aromatic rings. The van der Waals surface area contributed by atoms with E-state index < -0.39 is 23.8 Å². The smallest absolute Gasteiger partial charge is 0.345 e. The molecule has 3 amide bonds. The summed E-state index contributed by atoms with van der Waals surface area (Å²) in [7, 11) is 2.62. The second-order valence-corrected chi connectivity index (χ2v) is 4.58. The van der Waals surface area contributed by atoms with E-state index >= 15 is 0 Å². The van der Waals surface area contributed by atoms with Crippen molar-refractivity contribution in [1.29, 1.82) is 0 Å². The van der Waals surface area contributed by atoms with Crippen LogP contribution in [0.15, 0.2) is 42.1 Å². The van der Waals surface area contributed by atoms with Crippen LogP contribution in [-0.4, -0.2) is 37.1 Å². The zero-order valence-corrected chi connectivity index (χ0v) is 12.1. The molecule has 0 spiro atoms. The van der Waals surface area contributed by atoms with E-state index in [0.29, 0.717) is 6.08 Å². The van der Waals surface area contributed by atoms with Crippen LogP contribution >= 0.6 is 0 Å². The van der Waals surface area contributed by atoms with Gasteiger partial charge in [0.25, 0.3) is 0 Å². The molecule has 22 heavy (non-hydrogen) atoms. The van der Waals surface area contributed by atoms with E-state index in [4.69, 9.17) is 0 Å². The lowest BCUT2D eigenvalue weighted by Crippen LogP contribution is -2.39. The van der Waals surface area contributed by atoms with Crippen LogP contribution in [0.2, 0.25) is 0 Å². The molecule has 1 rings (SSSR count). The van der Waals surface area contributed by atoms with E-state index in [1.54, 1.807) is 35.6 Å². The van der Waals surface area contributed by atoms with Crippen molar-refractivity contribution in [2.75, 3.05) is 14.1 Å². The van der Waals surface area contributed by atoms with Crippen molar-refractivity contribution >= 4 is 11.9 Å². The number of hydrogen-bond donors (Lipinski definition) is 2. The fraction of sp³-hybridized carbons (Fsp3) is 0.286. The summed E-state index contributed by atoms with van der Waals surface area (Å²) in [5, 5.41) is 3.94. The van der Waals surface area contributed by atoms with Gasteiger partial charge >= 0.3 is 12.2 Å². The number of carbonyl (C=O) groups is 2. The van der Waals surface area contributed by atoms with Crippen LogP contribution in [0.4, 0.5) is 18.0 Å². The molecule has 0 heterocycles. The third-order valence-electron chi connectivity index (χ3n) is 2.56. The van der Waals surface area contributed by atoms with Crippen molar-refractivity contribution < 1.29 is 22.8 Å². The highest BCUT2D eigenvalue weighted by atomic mass is 19.4. The molecule has 0 aliphatic carbocycles. The van der Waals surface area contributed by atoms with Crippen LogP contribution in [0.3, 0.4) is 0 Å². The number of hydrogen-bond acceptors (Lipinski definition) is 2. The Morgan fingerprint density at radius 2 is 1.77 bits per heavy atom. The summed E-state index contributed by atoms with van der Waals surface area (Å²) in [6, 6.07) is 7.66. The number of alkyl halides is 3. The number of carbonyl (C=O) groups excluding carboxylic acids is 2. The van der Waals surface area contributed by atoms with Gasteiger partial charge < -0.3 is 15.5 Å². The van der Waals surface area contributed by atoms with Crippen LogP contribution in [0.25, 0.3) is 0 Å². The van der Waals surface area contributed by atoms with Crippen LogP contribution in [0.5, 0.6) is 0 Å². The maximum atomic E-state index is 12.8. The third kappa shape index (κ3) is 5.86. The topological polar surface area (TPSA) is 61.4 Å². The number of halogens is 3. The Morgan fingerprint density at radius 3 is 2.27 bits per heavy atom. The molecule has 1 aromatic carbocycles. The van der Waals surface area contributed by atoms with E-state index in [1.807, 2.05) is 0 Å². The molecule has 0 aromatic heterocycles. The van der Waals surface area contributed by atoms with Gasteiger partial charge in [-0.3, -0.25) is 4.79 Å². The van der Waals surface area contributed by atoms with Gasteiger partial charge in [-0.15, -0.1) is 0 Å². The van der Waals surface area contributed by atoms with E-state index in [1.165, 1.54) is 14.1 Å². The largest absolute Gasteiger partial charge is 0.431 e. The standard InChI is InChI=1S/C14H16F3N3O2/c1-20(2)12(21)8-11(14(15,16)17)19-13(22)18-9-10-6-4-3-5-7-10/h3-8H,9H2,1-2H3,(H2,18,19,22). The molecule has 0 aliphatic heterocycles. The van der Waals surface area contributed by atoms with E-state index in [0.717, 1.165) is 10.5 Å². The molecule has 0 saturated heterocycles. The highest BCUT2D eigenvalue weighted by molar-refractivity contribution is 5.89. The summed E-state index contributed by atoms with van der Waals surface area (Å²) in [4.78, 5) is 23.8. The van der Waals surface area contributed by atoms with Gasteiger partial charge in [0.2, 0.25) is 5.91 Å². The zero-order valence-electron chi connectivity index (χ0n) is 12.1. The van der Waals surface area contributed by atoms with Gasteiger partial charge in [-0.2, -0.15) is 13.2 Å². The predicted octanol–water partition coefficient (Wildman–Crippen LogP) is 2.02. The second kappa shape index (κ2) is 7.48. The number of urea groups is 1. The first-order chi connectivity index (χ1) is 10.2. The Labute approximate surface area is 125 Å². The molecule has 0 unspecified atom stereocenters. The minimum absolute atomic E-state index is 0.0689. The molecule has 0 aliphatic rings. The van der Waals surface area contributed by atoms with Gasteiger partial charge in [0.05, 0.1) is 0 Å². The van der Waals surface area contributed by atoms with Crippen molar-refractivity contribution in [2.45, 2.75) is 12.7 Å². The molecule has 2 N–H and O–H groups in total. The highest BCUT2D eigenvalue weighted by Crippen LogP contribution is 2.23. The molecular formula is C14H16F3N3O2. The van der Waals surface area contributed by atoms with Crippen LogP contribution in [0.1, 0.15) is 5.56 Å². The van der Waals surface area contributed by atoms with Crippen molar-refractivity contribution in [1.82, 2.24) is 15.5 Å². The number of benzene rings is 1. The molecule has 120 valence electrons. The Balaban J connectivity index is 2.70. The lowest BCUT2D eigenvalue weighted by Gasteiger charge is -2.15. The number of allylic oxidation sites excluding steroid dienone is 1. The Bertz CT molecular complexity index is 554. The summed E-state index contributed by atoms with van der Waals surface area (Å²) in [5.41, 5.74) is -0.684. The summed E-state index contributed by atoms with van der Waals surface area (Å²) >= 11 is 0. The predicted molar refractivity (Wildman–Crippen MR) is 74.6 cm³/mol. The first-order valence-electron chi connectivity index (χ1n) is 6.29. The maximum Gasteiger partial charge on any atom is 0.431 e. The molecule has 0 radical (unpaired) electrons. The molecule has 0 saturated carbocycles.